The van der Waals surface area contributed by atoms with E-state index in [9.17, 15) is 14.4 Å². The molecule has 0 saturated carbocycles. The first-order chi connectivity index (χ1) is 15.4. The van der Waals surface area contributed by atoms with Crippen molar-refractivity contribution in [3.63, 3.8) is 0 Å². The van der Waals surface area contributed by atoms with Crippen molar-refractivity contribution >= 4 is 18.0 Å². The summed E-state index contributed by atoms with van der Waals surface area (Å²) >= 11 is 0. The zero-order valence-electron chi connectivity index (χ0n) is 17.8. The number of amides is 2. The number of rotatable bonds is 11. The topological polar surface area (TPSA) is 122 Å². The predicted octanol–water partition coefficient (Wildman–Crippen LogP) is 3.72. The number of aliphatic hydroxyl groups is 1. The van der Waals surface area contributed by atoms with E-state index < -0.39 is 24.1 Å². The Hall–Kier alpha value is -3.65. The number of imide groups is 1. The van der Waals surface area contributed by atoms with E-state index in [4.69, 9.17) is 19.7 Å². The van der Waals surface area contributed by atoms with E-state index in [0.29, 0.717) is 29.7 Å². The largest absolute Gasteiger partial charge is 0.491 e. The number of carboxylic acid groups (broad SMARTS) is 1. The van der Waals surface area contributed by atoms with Crippen molar-refractivity contribution < 1.29 is 34.1 Å². The minimum atomic E-state index is -1.03. The molecule has 2 atom stereocenters. The molecule has 0 unspecified atom stereocenters. The molecule has 32 heavy (non-hydrogen) atoms. The van der Waals surface area contributed by atoms with E-state index in [1.54, 1.807) is 60.7 Å². The number of carbonyl (C=O) groups is 3. The SMILES string of the molecule is C[C@H](CC/C=C/C(=O)O)[C@@H](OC(=O)NC(=O)c1ccccc1)c1ccc(OCCO)cc1. The number of aliphatic hydroxyl groups excluding tert-OH is 1. The summed E-state index contributed by atoms with van der Waals surface area (Å²) in [4.78, 5) is 35.3. The summed E-state index contributed by atoms with van der Waals surface area (Å²) in [5.41, 5.74) is 1.02. The van der Waals surface area contributed by atoms with E-state index >= 15 is 0 Å². The minimum Gasteiger partial charge on any atom is -0.491 e. The van der Waals surface area contributed by atoms with E-state index in [0.717, 1.165) is 6.08 Å². The zero-order valence-corrected chi connectivity index (χ0v) is 17.8. The first-order valence-corrected chi connectivity index (χ1v) is 10.2. The van der Waals surface area contributed by atoms with Crippen molar-refractivity contribution in [3.8, 4) is 5.75 Å². The van der Waals surface area contributed by atoms with Gasteiger partial charge < -0.3 is 19.7 Å². The third kappa shape index (κ3) is 8.23. The molecule has 0 bridgehead atoms. The third-order valence-corrected chi connectivity index (χ3v) is 4.62. The van der Waals surface area contributed by atoms with E-state index in [-0.39, 0.29) is 19.1 Å². The van der Waals surface area contributed by atoms with Gasteiger partial charge in [0.05, 0.1) is 6.61 Å². The van der Waals surface area contributed by atoms with Crippen LogP contribution in [0.4, 0.5) is 4.79 Å². The van der Waals surface area contributed by atoms with Crippen LogP contribution in [-0.2, 0) is 9.53 Å². The molecule has 0 heterocycles. The van der Waals surface area contributed by atoms with E-state index in [1.165, 1.54) is 0 Å². The lowest BCUT2D eigenvalue weighted by atomic mass is 9.93. The van der Waals surface area contributed by atoms with Crippen LogP contribution in [0.3, 0.4) is 0 Å². The molecular weight excluding hydrogens is 414 g/mol. The Balaban J connectivity index is 2.10. The summed E-state index contributed by atoms with van der Waals surface area (Å²) in [7, 11) is 0. The molecule has 170 valence electrons. The predicted molar refractivity (Wildman–Crippen MR) is 117 cm³/mol. The molecule has 3 N–H and O–H groups in total. The Morgan fingerprint density at radius 1 is 1.06 bits per heavy atom. The first-order valence-electron chi connectivity index (χ1n) is 10.2. The van der Waals surface area contributed by atoms with Gasteiger partial charge in [0.25, 0.3) is 5.91 Å². The number of alkyl carbamates (subject to hydrolysis) is 1. The van der Waals surface area contributed by atoms with Gasteiger partial charge in [-0.05, 0) is 48.6 Å². The highest BCUT2D eigenvalue weighted by Crippen LogP contribution is 2.31. The zero-order chi connectivity index (χ0) is 23.3. The number of carbonyl (C=O) groups excluding carboxylic acids is 2. The van der Waals surface area contributed by atoms with Crippen molar-refractivity contribution in [1.29, 1.82) is 0 Å². The fourth-order valence-corrected chi connectivity index (χ4v) is 3.02. The maximum Gasteiger partial charge on any atom is 0.414 e. The second-order valence-electron chi connectivity index (χ2n) is 7.08. The molecule has 0 aliphatic heterocycles. The number of aliphatic carboxylic acids is 1. The molecule has 2 amide bonds. The summed E-state index contributed by atoms with van der Waals surface area (Å²) in [5.74, 6) is -1.21. The van der Waals surface area contributed by atoms with E-state index in [2.05, 4.69) is 5.32 Å². The van der Waals surface area contributed by atoms with Crippen molar-refractivity contribution in [3.05, 3.63) is 77.9 Å². The average molecular weight is 441 g/mol. The van der Waals surface area contributed by atoms with E-state index in [1.807, 2.05) is 6.92 Å². The summed E-state index contributed by atoms with van der Waals surface area (Å²) in [6, 6.07) is 15.2. The number of benzene rings is 2. The molecule has 2 aromatic rings. The van der Waals surface area contributed by atoms with Gasteiger partial charge in [0.2, 0.25) is 0 Å². The van der Waals surface area contributed by atoms with Gasteiger partial charge in [-0.3, -0.25) is 10.1 Å². The van der Waals surface area contributed by atoms with Gasteiger partial charge in [0.1, 0.15) is 18.5 Å². The van der Waals surface area contributed by atoms with Crippen LogP contribution in [0.25, 0.3) is 0 Å². The molecule has 2 rings (SSSR count). The molecule has 0 aliphatic carbocycles. The second-order valence-corrected chi connectivity index (χ2v) is 7.08. The van der Waals surface area contributed by atoms with Crippen LogP contribution in [0, 0.1) is 5.92 Å². The second kappa shape index (κ2) is 12.9. The van der Waals surface area contributed by atoms with Crippen molar-refractivity contribution in [2.75, 3.05) is 13.2 Å². The fraction of sp³-hybridized carbons (Fsp3) is 0.292. The van der Waals surface area contributed by atoms with Crippen LogP contribution >= 0.6 is 0 Å². The van der Waals surface area contributed by atoms with Gasteiger partial charge in [0.15, 0.2) is 0 Å². The molecule has 0 aromatic heterocycles. The molecule has 8 heteroatoms. The number of carboxylic acids is 1. The Kier molecular flexibility index (Phi) is 9.93. The molecule has 8 nitrogen and oxygen atoms in total. The third-order valence-electron chi connectivity index (χ3n) is 4.62. The molecule has 0 radical (unpaired) electrons. The number of nitrogens with one attached hydrogen (secondary N) is 1. The summed E-state index contributed by atoms with van der Waals surface area (Å²) in [6.45, 7) is 1.93. The Labute approximate surface area is 186 Å². The highest BCUT2D eigenvalue weighted by molar-refractivity contribution is 6.02. The van der Waals surface area contributed by atoms with Crippen LogP contribution in [-0.4, -0.2) is 41.4 Å². The first kappa shape index (κ1) is 24.6. The highest BCUT2D eigenvalue weighted by atomic mass is 16.6. The average Bonchev–Trinajstić information content (AvgIpc) is 2.79. The minimum absolute atomic E-state index is 0.107. The van der Waals surface area contributed by atoms with Gasteiger partial charge in [0, 0.05) is 11.6 Å². The van der Waals surface area contributed by atoms with Crippen molar-refractivity contribution in [2.24, 2.45) is 5.92 Å². The van der Waals surface area contributed by atoms with Crippen molar-refractivity contribution in [1.82, 2.24) is 5.32 Å². The van der Waals surface area contributed by atoms with Gasteiger partial charge in [-0.15, -0.1) is 0 Å². The Morgan fingerprint density at radius 3 is 2.38 bits per heavy atom. The van der Waals surface area contributed by atoms with Crippen LogP contribution in [0.2, 0.25) is 0 Å². The van der Waals surface area contributed by atoms with Gasteiger partial charge >= 0.3 is 12.1 Å². The lowest BCUT2D eigenvalue weighted by Gasteiger charge is -2.24. The summed E-state index contributed by atoms with van der Waals surface area (Å²) in [5, 5.41) is 19.8. The summed E-state index contributed by atoms with van der Waals surface area (Å²) < 4.78 is 11.0. The van der Waals surface area contributed by atoms with Crippen molar-refractivity contribution in [2.45, 2.75) is 25.9 Å². The normalized spacial score (nSPS) is 12.7. The van der Waals surface area contributed by atoms with Crippen LogP contribution < -0.4 is 10.1 Å². The quantitative estimate of drug-likeness (QED) is 0.454. The number of hydrogen-bond donors (Lipinski definition) is 3. The van der Waals surface area contributed by atoms with Gasteiger partial charge in [-0.1, -0.05) is 43.3 Å². The molecule has 0 spiro atoms. The molecular formula is C24H27NO7. The molecule has 0 aliphatic rings. The van der Waals surface area contributed by atoms with Gasteiger partial charge in [-0.2, -0.15) is 0 Å². The maximum absolute atomic E-state index is 12.4. The fourth-order valence-electron chi connectivity index (χ4n) is 3.02. The maximum atomic E-state index is 12.4. The lowest BCUT2D eigenvalue weighted by molar-refractivity contribution is -0.131. The van der Waals surface area contributed by atoms with Crippen LogP contribution in [0.5, 0.6) is 5.75 Å². The Bertz CT molecular complexity index is 910. The number of ether oxygens (including phenoxy) is 2. The molecule has 0 fully saturated rings. The molecule has 0 saturated heterocycles. The number of hydrogen-bond acceptors (Lipinski definition) is 6. The standard InChI is InChI=1S/C24H27NO7/c1-17(7-5-6-10-21(27)28)22(18-11-13-20(14-12-18)31-16-15-26)32-24(30)25-23(29)19-8-3-2-4-9-19/h2-4,6,8-14,17,22,26H,5,7,15-16H2,1H3,(H,27,28)(H,25,29,30)/b10-6+/t17-,22-/m1/s1. The molecule has 2 aromatic carbocycles. The monoisotopic (exact) mass is 441 g/mol. The van der Waals surface area contributed by atoms with Crippen LogP contribution in [0.15, 0.2) is 66.7 Å². The lowest BCUT2D eigenvalue weighted by Crippen LogP contribution is -2.33. The highest BCUT2D eigenvalue weighted by Gasteiger charge is 2.24. The van der Waals surface area contributed by atoms with Crippen LogP contribution in [0.1, 0.15) is 41.8 Å². The van der Waals surface area contributed by atoms with Gasteiger partial charge in [-0.25, -0.2) is 9.59 Å². The summed E-state index contributed by atoms with van der Waals surface area (Å²) in [6.07, 6.45) is 2.09. The smallest absolute Gasteiger partial charge is 0.414 e. The number of allylic oxidation sites excluding steroid dienone is 1. The Morgan fingerprint density at radius 2 is 1.75 bits per heavy atom.